The highest BCUT2D eigenvalue weighted by atomic mass is 15.3. The van der Waals surface area contributed by atoms with Crippen molar-refractivity contribution in [2.24, 2.45) is 0 Å². The molecule has 0 aliphatic rings. The van der Waals surface area contributed by atoms with Gasteiger partial charge in [-0.1, -0.05) is 0 Å². The lowest BCUT2D eigenvalue weighted by Gasteiger charge is -2.03. The Morgan fingerprint density at radius 3 is 2.73 bits per heavy atom. The molecule has 0 atom stereocenters. The van der Waals surface area contributed by atoms with E-state index in [9.17, 15) is 0 Å². The molecule has 5 heteroatoms. The fourth-order valence-corrected chi connectivity index (χ4v) is 1.30. The summed E-state index contributed by atoms with van der Waals surface area (Å²) in [6, 6.07) is 0.374. The van der Waals surface area contributed by atoms with Crippen LogP contribution in [0.25, 0.3) is 0 Å². The van der Waals surface area contributed by atoms with E-state index in [4.69, 9.17) is 0 Å². The molecule has 2 aromatic heterocycles. The molecule has 15 heavy (non-hydrogen) atoms. The third-order valence-corrected chi connectivity index (χ3v) is 2.10. The lowest BCUT2D eigenvalue weighted by Crippen LogP contribution is -2.00. The smallest absolute Gasteiger partial charge is 0.204 e. The van der Waals surface area contributed by atoms with Gasteiger partial charge in [0.2, 0.25) is 5.95 Å². The van der Waals surface area contributed by atoms with Crippen molar-refractivity contribution in [1.82, 2.24) is 19.7 Å². The number of rotatable bonds is 3. The van der Waals surface area contributed by atoms with Gasteiger partial charge in [0.25, 0.3) is 0 Å². The standard InChI is InChI=1S/C10H15N5/c1-7(2)15-6-9(5-12-15)14-10-11-4-8(3)13-10/h4-7H,1-3H3,(H2,11,13,14). The van der Waals surface area contributed by atoms with E-state index in [-0.39, 0.29) is 0 Å². The van der Waals surface area contributed by atoms with E-state index in [2.05, 4.69) is 34.2 Å². The van der Waals surface area contributed by atoms with Crippen molar-refractivity contribution in [3.8, 4) is 0 Å². The molecule has 2 N–H and O–H groups in total. The Morgan fingerprint density at radius 2 is 2.20 bits per heavy atom. The molecule has 5 nitrogen and oxygen atoms in total. The van der Waals surface area contributed by atoms with Crippen LogP contribution in [0.5, 0.6) is 0 Å². The van der Waals surface area contributed by atoms with Crippen LogP contribution in [-0.2, 0) is 0 Å². The molecule has 2 heterocycles. The average molecular weight is 205 g/mol. The van der Waals surface area contributed by atoms with E-state index in [1.807, 2.05) is 17.8 Å². The van der Waals surface area contributed by atoms with Crippen molar-refractivity contribution in [2.75, 3.05) is 5.32 Å². The normalized spacial score (nSPS) is 10.9. The first-order chi connectivity index (χ1) is 7.15. The number of nitrogens with zero attached hydrogens (tertiary/aromatic N) is 3. The van der Waals surface area contributed by atoms with Crippen molar-refractivity contribution in [3.05, 3.63) is 24.3 Å². The number of imidazole rings is 1. The quantitative estimate of drug-likeness (QED) is 0.807. The number of nitrogens with one attached hydrogen (secondary N) is 2. The highest BCUT2D eigenvalue weighted by molar-refractivity contribution is 5.50. The molecule has 80 valence electrons. The molecule has 2 aromatic rings. The zero-order chi connectivity index (χ0) is 10.8. The molecule has 0 spiro atoms. The molecule has 0 saturated heterocycles. The van der Waals surface area contributed by atoms with E-state index >= 15 is 0 Å². The molecule has 0 aliphatic heterocycles. The Kier molecular flexibility index (Phi) is 2.45. The summed E-state index contributed by atoms with van der Waals surface area (Å²) in [6.45, 7) is 6.15. The van der Waals surface area contributed by atoms with Crippen molar-refractivity contribution >= 4 is 11.6 Å². The first-order valence-corrected chi connectivity index (χ1v) is 4.98. The van der Waals surface area contributed by atoms with E-state index in [1.165, 1.54) is 0 Å². The largest absolute Gasteiger partial charge is 0.328 e. The van der Waals surface area contributed by atoms with Gasteiger partial charge in [-0.15, -0.1) is 0 Å². The van der Waals surface area contributed by atoms with Crippen LogP contribution >= 0.6 is 0 Å². The summed E-state index contributed by atoms with van der Waals surface area (Å²) in [7, 11) is 0. The number of aryl methyl sites for hydroxylation is 1. The van der Waals surface area contributed by atoms with Gasteiger partial charge in [0.05, 0.1) is 11.9 Å². The van der Waals surface area contributed by atoms with Gasteiger partial charge in [-0.05, 0) is 20.8 Å². The van der Waals surface area contributed by atoms with E-state index in [0.29, 0.717) is 6.04 Å². The third-order valence-electron chi connectivity index (χ3n) is 2.10. The van der Waals surface area contributed by atoms with E-state index < -0.39 is 0 Å². The second kappa shape index (κ2) is 3.76. The molecule has 0 fully saturated rings. The van der Waals surface area contributed by atoms with Gasteiger partial charge in [-0.3, -0.25) is 4.68 Å². The molecule has 0 unspecified atom stereocenters. The molecule has 0 bridgehead atoms. The summed E-state index contributed by atoms with van der Waals surface area (Å²) < 4.78 is 1.90. The fourth-order valence-electron chi connectivity index (χ4n) is 1.30. The number of aromatic amines is 1. The zero-order valence-corrected chi connectivity index (χ0v) is 9.15. The minimum Gasteiger partial charge on any atom is -0.328 e. The van der Waals surface area contributed by atoms with Crippen molar-refractivity contribution in [1.29, 1.82) is 0 Å². The molecule has 0 saturated carbocycles. The van der Waals surface area contributed by atoms with Gasteiger partial charge in [0, 0.05) is 24.1 Å². The summed E-state index contributed by atoms with van der Waals surface area (Å²) in [4.78, 5) is 7.27. The predicted octanol–water partition coefficient (Wildman–Crippen LogP) is 2.24. The minimum atomic E-state index is 0.374. The number of hydrogen-bond acceptors (Lipinski definition) is 3. The van der Waals surface area contributed by atoms with Crippen LogP contribution in [0.15, 0.2) is 18.6 Å². The maximum atomic E-state index is 4.23. The van der Waals surface area contributed by atoms with Gasteiger partial charge in [-0.25, -0.2) is 4.98 Å². The van der Waals surface area contributed by atoms with Crippen LogP contribution < -0.4 is 5.32 Å². The Morgan fingerprint density at radius 1 is 1.40 bits per heavy atom. The first kappa shape index (κ1) is 9.76. The highest BCUT2D eigenvalue weighted by Gasteiger charge is 2.03. The molecule has 0 radical (unpaired) electrons. The van der Waals surface area contributed by atoms with Crippen LogP contribution in [-0.4, -0.2) is 19.7 Å². The summed E-state index contributed by atoms with van der Waals surface area (Å²) in [5.74, 6) is 0.746. The van der Waals surface area contributed by atoms with Gasteiger partial charge >= 0.3 is 0 Å². The predicted molar refractivity (Wildman–Crippen MR) is 59.2 cm³/mol. The SMILES string of the molecule is Cc1cnc(Nc2cnn(C(C)C)c2)[nH]1. The maximum absolute atomic E-state index is 4.23. The Bertz CT molecular complexity index is 440. The van der Waals surface area contributed by atoms with E-state index in [0.717, 1.165) is 17.3 Å². The summed E-state index contributed by atoms with van der Waals surface area (Å²) >= 11 is 0. The van der Waals surface area contributed by atoms with Crippen LogP contribution in [0.4, 0.5) is 11.6 Å². The summed E-state index contributed by atoms with van der Waals surface area (Å²) in [5, 5.41) is 7.38. The fraction of sp³-hybridized carbons (Fsp3) is 0.400. The molecular formula is C10H15N5. The van der Waals surface area contributed by atoms with Gasteiger partial charge in [0.1, 0.15) is 0 Å². The Balaban J connectivity index is 2.11. The zero-order valence-electron chi connectivity index (χ0n) is 9.15. The molecular weight excluding hydrogens is 190 g/mol. The maximum Gasteiger partial charge on any atom is 0.204 e. The Labute approximate surface area is 88.5 Å². The average Bonchev–Trinajstić information content (AvgIpc) is 2.76. The van der Waals surface area contributed by atoms with Gasteiger partial charge in [-0.2, -0.15) is 5.10 Å². The summed E-state index contributed by atoms with van der Waals surface area (Å²) in [5.41, 5.74) is 1.98. The lowest BCUT2D eigenvalue weighted by molar-refractivity contribution is 0.532. The second-order valence-electron chi connectivity index (χ2n) is 3.84. The van der Waals surface area contributed by atoms with Crippen LogP contribution in [0.1, 0.15) is 25.6 Å². The Hall–Kier alpha value is -1.78. The molecule has 0 amide bonds. The topological polar surface area (TPSA) is 58.5 Å². The third kappa shape index (κ3) is 2.18. The first-order valence-electron chi connectivity index (χ1n) is 4.98. The van der Waals surface area contributed by atoms with Crippen molar-refractivity contribution in [2.45, 2.75) is 26.8 Å². The minimum absolute atomic E-state index is 0.374. The molecule has 2 rings (SSSR count). The lowest BCUT2D eigenvalue weighted by atomic mass is 10.4. The number of anilines is 2. The van der Waals surface area contributed by atoms with E-state index in [1.54, 1.807) is 12.4 Å². The number of H-pyrrole nitrogens is 1. The van der Waals surface area contributed by atoms with Crippen LogP contribution in [0.3, 0.4) is 0 Å². The summed E-state index contributed by atoms with van der Waals surface area (Å²) in [6.07, 6.45) is 5.54. The van der Waals surface area contributed by atoms with Crippen molar-refractivity contribution < 1.29 is 0 Å². The highest BCUT2D eigenvalue weighted by Crippen LogP contribution is 2.14. The monoisotopic (exact) mass is 205 g/mol. The molecule has 0 aliphatic carbocycles. The van der Waals surface area contributed by atoms with Gasteiger partial charge < -0.3 is 10.3 Å². The number of hydrogen-bond donors (Lipinski definition) is 2. The second-order valence-corrected chi connectivity index (χ2v) is 3.84. The van der Waals surface area contributed by atoms with Crippen molar-refractivity contribution in [3.63, 3.8) is 0 Å². The number of aromatic nitrogens is 4. The van der Waals surface area contributed by atoms with Crippen LogP contribution in [0.2, 0.25) is 0 Å². The molecule has 0 aromatic carbocycles. The van der Waals surface area contributed by atoms with Gasteiger partial charge in [0.15, 0.2) is 0 Å². The van der Waals surface area contributed by atoms with Crippen LogP contribution in [0, 0.1) is 6.92 Å².